The number of aromatic nitrogens is 3. The van der Waals surface area contributed by atoms with Gasteiger partial charge >= 0.3 is 0 Å². The number of aromatic amines is 1. The van der Waals surface area contributed by atoms with Gasteiger partial charge in [-0.15, -0.1) is 0 Å². The first-order chi connectivity index (χ1) is 12.1. The van der Waals surface area contributed by atoms with Crippen LogP contribution in [0.15, 0.2) is 54.7 Å². The van der Waals surface area contributed by atoms with E-state index in [4.69, 9.17) is 0 Å². The number of amides is 1. The molecule has 25 heavy (non-hydrogen) atoms. The molecule has 0 bridgehead atoms. The van der Waals surface area contributed by atoms with Crippen molar-refractivity contribution in [3.05, 3.63) is 66.0 Å². The van der Waals surface area contributed by atoms with Crippen molar-refractivity contribution in [2.24, 2.45) is 0 Å². The molecule has 0 aliphatic carbocycles. The molecule has 0 saturated carbocycles. The van der Waals surface area contributed by atoms with Crippen LogP contribution in [0.3, 0.4) is 0 Å². The van der Waals surface area contributed by atoms with Crippen LogP contribution in [0.25, 0.3) is 11.4 Å². The number of nitrogens with zero attached hydrogens (tertiary/aromatic N) is 3. The third-order valence-corrected chi connectivity index (χ3v) is 3.90. The maximum Gasteiger partial charge on any atom is 0.269 e. The Morgan fingerprint density at radius 2 is 1.92 bits per heavy atom. The second-order valence-electron chi connectivity index (χ2n) is 5.95. The van der Waals surface area contributed by atoms with Crippen molar-refractivity contribution in [1.29, 1.82) is 0 Å². The van der Waals surface area contributed by atoms with Gasteiger partial charge in [-0.2, -0.15) is 5.10 Å². The van der Waals surface area contributed by atoms with Gasteiger partial charge in [0.25, 0.3) is 5.91 Å². The van der Waals surface area contributed by atoms with Gasteiger partial charge in [0.2, 0.25) is 0 Å². The van der Waals surface area contributed by atoms with Crippen LogP contribution >= 0.6 is 0 Å². The van der Waals surface area contributed by atoms with Crippen LogP contribution in [-0.2, 0) is 6.42 Å². The van der Waals surface area contributed by atoms with Crippen LogP contribution in [-0.4, -0.2) is 41.7 Å². The summed E-state index contributed by atoms with van der Waals surface area (Å²) in [5, 5.41) is 9.82. The second-order valence-corrected chi connectivity index (χ2v) is 5.95. The number of hydrogen-bond donors (Lipinski definition) is 2. The van der Waals surface area contributed by atoms with Crippen LogP contribution in [0.1, 0.15) is 16.1 Å². The number of nitrogens with one attached hydrogen (secondary N) is 2. The van der Waals surface area contributed by atoms with Gasteiger partial charge in [0.05, 0.1) is 5.69 Å². The molecule has 6 nitrogen and oxygen atoms in total. The fourth-order valence-corrected chi connectivity index (χ4v) is 2.46. The van der Waals surface area contributed by atoms with Gasteiger partial charge in [0.1, 0.15) is 11.4 Å². The summed E-state index contributed by atoms with van der Waals surface area (Å²) in [5.41, 5.74) is 4.17. The molecular formula is C19H21N5O. The van der Waals surface area contributed by atoms with E-state index < -0.39 is 0 Å². The predicted octanol–water partition coefficient (Wildman–Crippen LogP) is 2.51. The predicted molar refractivity (Wildman–Crippen MR) is 98.6 cm³/mol. The summed E-state index contributed by atoms with van der Waals surface area (Å²) in [5.74, 6) is -0.167. The van der Waals surface area contributed by atoms with Crippen molar-refractivity contribution in [2.45, 2.75) is 6.42 Å². The van der Waals surface area contributed by atoms with Crippen LogP contribution in [0, 0.1) is 0 Å². The monoisotopic (exact) mass is 335 g/mol. The smallest absolute Gasteiger partial charge is 0.269 e. The summed E-state index contributed by atoms with van der Waals surface area (Å²) in [6.45, 7) is 0.568. The molecular weight excluding hydrogens is 314 g/mol. The van der Waals surface area contributed by atoms with Crippen molar-refractivity contribution in [3.8, 4) is 11.4 Å². The third-order valence-electron chi connectivity index (χ3n) is 3.90. The van der Waals surface area contributed by atoms with E-state index in [1.54, 1.807) is 12.3 Å². The summed E-state index contributed by atoms with van der Waals surface area (Å²) in [6.07, 6.45) is 2.48. The molecule has 2 aromatic heterocycles. The molecule has 0 saturated heterocycles. The topological polar surface area (TPSA) is 73.9 Å². The van der Waals surface area contributed by atoms with E-state index in [1.807, 2.05) is 32.3 Å². The Bertz CT molecular complexity index is 825. The summed E-state index contributed by atoms with van der Waals surface area (Å²) in [7, 11) is 4.03. The van der Waals surface area contributed by atoms with Crippen molar-refractivity contribution in [2.75, 3.05) is 25.5 Å². The SMILES string of the molecule is CN(C)c1ccc(CCNC(=O)c2cc(-c3ccccn3)n[nH]2)cc1. The Hall–Kier alpha value is -3.15. The van der Waals surface area contributed by atoms with Gasteiger partial charge in [0.15, 0.2) is 0 Å². The van der Waals surface area contributed by atoms with E-state index in [2.05, 4.69) is 49.7 Å². The lowest BCUT2D eigenvalue weighted by Crippen LogP contribution is -2.26. The standard InChI is InChI=1S/C19H21N5O/c1-24(2)15-8-6-14(7-9-15)10-12-21-19(25)18-13-17(22-23-18)16-5-3-4-11-20-16/h3-9,11,13H,10,12H2,1-2H3,(H,21,25)(H,22,23). The molecule has 3 rings (SSSR count). The molecule has 3 aromatic rings. The zero-order valence-corrected chi connectivity index (χ0v) is 14.4. The van der Waals surface area contributed by atoms with Crippen LogP contribution in [0.2, 0.25) is 0 Å². The Balaban J connectivity index is 1.54. The van der Waals surface area contributed by atoms with Crippen molar-refractivity contribution >= 4 is 11.6 Å². The molecule has 0 fully saturated rings. The largest absolute Gasteiger partial charge is 0.378 e. The van der Waals surface area contributed by atoms with E-state index in [0.717, 1.165) is 17.8 Å². The molecule has 1 amide bonds. The quantitative estimate of drug-likeness (QED) is 0.726. The number of hydrogen-bond acceptors (Lipinski definition) is 4. The van der Waals surface area contributed by atoms with Gasteiger partial charge < -0.3 is 10.2 Å². The molecule has 0 aliphatic rings. The van der Waals surface area contributed by atoms with E-state index in [0.29, 0.717) is 17.9 Å². The van der Waals surface area contributed by atoms with E-state index in [9.17, 15) is 4.79 Å². The molecule has 0 unspecified atom stereocenters. The van der Waals surface area contributed by atoms with E-state index in [1.165, 1.54) is 5.56 Å². The van der Waals surface area contributed by atoms with Crippen molar-refractivity contribution in [3.63, 3.8) is 0 Å². The number of pyridine rings is 1. The lowest BCUT2D eigenvalue weighted by atomic mass is 10.1. The first-order valence-corrected chi connectivity index (χ1v) is 8.15. The number of benzene rings is 1. The highest BCUT2D eigenvalue weighted by Gasteiger charge is 2.11. The number of anilines is 1. The Kier molecular flexibility index (Phi) is 5.09. The van der Waals surface area contributed by atoms with Crippen molar-refractivity contribution in [1.82, 2.24) is 20.5 Å². The molecule has 0 spiro atoms. The minimum Gasteiger partial charge on any atom is -0.378 e. The zero-order valence-electron chi connectivity index (χ0n) is 14.4. The van der Waals surface area contributed by atoms with Gasteiger partial charge in [-0.25, -0.2) is 0 Å². The fraction of sp³-hybridized carbons (Fsp3) is 0.211. The number of H-pyrrole nitrogens is 1. The Labute approximate surface area is 146 Å². The van der Waals surface area contributed by atoms with Gasteiger partial charge in [-0.05, 0) is 42.3 Å². The summed E-state index contributed by atoms with van der Waals surface area (Å²) >= 11 is 0. The zero-order chi connectivity index (χ0) is 17.6. The molecule has 2 heterocycles. The number of carbonyl (C=O) groups excluding carboxylic acids is 1. The average molecular weight is 335 g/mol. The minimum atomic E-state index is -0.167. The highest BCUT2D eigenvalue weighted by Crippen LogP contribution is 2.14. The summed E-state index contributed by atoms with van der Waals surface area (Å²) in [6, 6.07) is 15.6. The van der Waals surface area contributed by atoms with Gasteiger partial charge in [-0.1, -0.05) is 18.2 Å². The van der Waals surface area contributed by atoms with E-state index >= 15 is 0 Å². The molecule has 0 radical (unpaired) electrons. The highest BCUT2D eigenvalue weighted by atomic mass is 16.1. The Morgan fingerprint density at radius 1 is 1.12 bits per heavy atom. The molecule has 0 aliphatic heterocycles. The van der Waals surface area contributed by atoms with Gasteiger partial charge in [0, 0.05) is 32.5 Å². The summed E-state index contributed by atoms with van der Waals surface area (Å²) < 4.78 is 0. The van der Waals surface area contributed by atoms with E-state index in [-0.39, 0.29) is 5.91 Å². The maximum atomic E-state index is 12.2. The average Bonchev–Trinajstić information content (AvgIpc) is 3.13. The lowest BCUT2D eigenvalue weighted by molar-refractivity contribution is 0.0949. The molecule has 1 aromatic carbocycles. The first kappa shape index (κ1) is 16.7. The minimum absolute atomic E-state index is 0.167. The maximum absolute atomic E-state index is 12.2. The fourth-order valence-electron chi connectivity index (χ4n) is 2.46. The van der Waals surface area contributed by atoms with Crippen LogP contribution < -0.4 is 10.2 Å². The molecule has 128 valence electrons. The normalized spacial score (nSPS) is 10.5. The van der Waals surface area contributed by atoms with Gasteiger partial charge in [-0.3, -0.25) is 14.9 Å². The molecule has 2 N–H and O–H groups in total. The number of rotatable bonds is 6. The molecule has 6 heteroatoms. The van der Waals surface area contributed by atoms with Crippen LogP contribution in [0.5, 0.6) is 0 Å². The van der Waals surface area contributed by atoms with Crippen LogP contribution in [0.4, 0.5) is 5.69 Å². The van der Waals surface area contributed by atoms with Crippen molar-refractivity contribution < 1.29 is 4.79 Å². The highest BCUT2D eigenvalue weighted by molar-refractivity contribution is 5.93. The third kappa shape index (κ3) is 4.23. The lowest BCUT2D eigenvalue weighted by Gasteiger charge is -2.12. The number of carbonyl (C=O) groups is 1. The Morgan fingerprint density at radius 3 is 2.60 bits per heavy atom. The first-order valence-electron chi connectivity index (χ1n) is 8.15. The molecule has 0 atom stereocenters. The summed E-state index contributed by atoms with van der Waals surface area (Å²) in [4.78, 5) is 18.5. The second kappa shape index (κ2) is 7.61.